The number of rotatable bonds is 1. The van der Waals surface area contributed by atoms with E-state index < -0.39 is 0 Å². The van der Waals surface area contributed by atoms with Crippen molar-refractivity contribution in [2.24, 2.45) is 0 Å². The molecule has 1 aromatic carbocycles. The molecule has 0 aliphatic carbocycles. The Kier molecular flexibility index (Phi) is 4.68. The molecule has 1 amide bonds. The van der Waals surface area contributed by atoms with E-state index in [0.29, 0.717) is 6.04 Å². The molecule has 2 aromatic rings. The van der Waals surface area contributed by atoms with Crippen molar-refractivity contribution >= 4 is 39.7 Å². The normalized spacial score (nSPS) is 22.6. The van der Waals surface area contributed by atoms with Crippen LogP contribution < -0.4 is 5.32 Å². The van der Waals surface area contributed by atoms with E-state index in [9.17, 15) is 4.79 Å². The number of hydrogen-bond acceptors (Lipinski definition) is 3. The SMILES string of the molecule is CC1NCCN(C(=O)c2csc3ccccc23)C1C.Cl. The lowest BCUT2D eigenvalue weighted by Gasteiger charge is -2.38. The highest BCUT2D eigenvalue weighted by molar-refractivity contribution is 7.17. The first-order valence-electron chi connectivity index (χ1n) is 6.69. The Bertz CT molecular complexity index is 613. The van der Waals surface area contributed by atoms with Gasteiger partial charge in [0.1, 0.15) is 0 Å². The Hall–Kier alpha value is -1.10. The van der Waals surface area contributed by atoms with Crippen molar-refractivity contribution in [3.8, 4) is 0 Å². The molecule has 0 saturated carbocycles. The molecule has 20 heavy (non-hydrogen) atoms. The van der Waals surface area contributed by atoms with E-state index in [0.717, 1.165) is 24.0 Å². The molecule has 1 fully saturated rings. The molecule has 3 nitrogen and oxygen atoms in total. The van der Waals surface area contributed by atoms with Crippen LogP contribution in [0.2, 0.25) is 0 Å². The van der Waals surface area contributed by atoms with Crippen molar-refractivity contribution in [2.45, 2.75) is 25.9 Å². The van der Waals surface area contributed by atoms with Crippen LogP contribution in [-0.2, 0) is 0 Å². The van der Waals surface area contributed by atoms with E-state index in [-0.39, 0.29) is 24.4 Å². The summed E-state index contributed by atoms with van der Waals surface area (Å²) in [6.45, 7) is 5.91. The van der Waals surface area contributed by atoms with Gasteiger partial charge < -0.3 is 10.2 Å². The largest absolute Gasteiger partial charge is 0.333 e. The Morgan fingerprint density at radius 3 is 2.90 bits per heavy atom. The molecule has 1 saturated heterocycles. The van der Waals surface area contributed by atoms with Crippen molar-refractivity contribution in [2.75, 3.05) is 13.1 Å². The number of carbonyl (C=O) groups is 1. The number of hydrogen-bond donors (Lipinski definition) is 1. The first kappa shape index (κ1) is 15.3. The minimum absolute atomic E-state index is 0. The van der Waals surface area contributed by atoms with Crippen LogP contribution in [-0.4, -0.2) is 36.0 Å². The van der Waals surface area contributed by atoms with Gasteiger partial charge in [0, 0.05) is 40.6 Å². The highest BCUT2D eigenvalue weighted by Gasteiger charge is 2.29. The Balaban J connectivity index is 0.00000147. The van der Waals surface area contributed by atoms with Gasteiger partial charge >= 0.3 is 0 Å². The molecule has 3 rings (SSSR count). The van der Waals surface area contributed by atoms with Gasteiger partial charge in [0.15, 0.2) is 0 Å². The molecule has 0 bridgehead atoms. The number of piperazine rings is 1. The monoisotopic (exact) mass is 310 g/mol. The zero-order valence-corrected chi connectivity index (χ0v) is 13.3. The first-order chi connectivity index (χ1) is 9.18. The Morgan fingerprint density at radius 1 is 1.35 bits per heavy atom. The van der Waals surface area contributed by atoms with Crippen LogP contribution in [0, 0.1) is 0 Å². The summed E-state index contributed by atoms with van der Waals surface area (Å²) in [5.74, 6) is 0.165. The number of nitrogens with zero attached hydrogens (tertiary/aromatic N) is 1. The van der Waals surface area contributed by atoms with Gasteiger partial charge in [-0.05, 0) is 19.9 Å². The predicted molar refractivity (Wildman–Crippen MR) is 87.0 cm³/mol. The van der Waals surface area contributed by atoms with Crippen molar-refractivity contribution < 1.29 is 4.79 Å². The molecule has 0 radical (unpaired) electrons. The van der Waals surface area contributed by atoms with Crippen LogP contribution in [0.4, 0.5) is 0 Å². The number of fused-ring (bicyclic) bond motifs is 1. The second-order valence-electron chi connectivity index (χ2n) is 5.13. The zero-order valence-electron chi connectivity index (χ0n) is 11.6. The third kappa shape index (κ3) is 2.55. The van der Waals surface area contributed by atoms with E-state index >= 15 is 0 Å². The minimum Gasteiger partial charge on any atom is -0.333 e. The number of amides is 1. The maximum Gasteiger partial charge on any atom is 0.255 e. The van der Waals surface area contributed by atoms with E-state index in [2.05, 4.69) is 25.2 Å². The summed E-state index contributed by atoms with van der Waals surface area (Å²) in [5.41, 5.74) is 0.849. The number of halogens is 1. The lowest BCUT2D eigenvalue weighted by Crippen LogP contribution is -2.57. The molecule has 1 N–H and O–H groups in total. The topological polar surface area (TPSA) is 32.3 Å². The molecule has 1 aliphatic rings. The van der Waals surface area contributed by atoms with Crippen LogP contribution in [0.15, 0.2) is 29.6 Å². The Labute approximate surface area is 129 Å². The second kappa shape index (κ2) is 6.12. The summed E-state index contributed by atoms with van der Waals surface area (Å²) >= 11 is 1.65. The molecular formula is C15H19ClN2OS. The van der Waals surface area contributed by atoms with Gasteiger partial charge in [-0.25, -0.2) is 0 Å². The molecular weight excluding hydrogens is 292 g/mol. The second-order valence-corrected chi connectivity index (χ2v) is 6.04. The van der Waals surface area contributed by atoms with E-state index in [1.165, 1.54) is 4.70 Å². The molecule has 2 heterocycles. The molecule has 0 spiro atoms. The average Bonchev–Trinajstić information content (AvgIpc) is 2.85. The summed E-state index contributed by atoms with van der Waals surface area (Å²) in [6.07, 6.45) is 0. The van der Waals surface area contributed by atoms with E-state index in [4.69, 9.17) is 0 Å². The van der Waals surface area contributed by atoms with Gasteiger partial charge in [-0.1, -0.05) is 18.2 Å². The number of benzene rings is 1. The summed E-state index contributed by atoms with van der Waals surface area (Å²) < 4.78 is 1.18. The molecule has 1 aromatic heterocycles. The molecule has 2 atom stereocenters. The van der Waals surface area contributed by atoms with Gasteiger partial charge in [-0.3, -0.25) is 4.79 Å². The maximum absolute atomic E-state index is 12.7. The minimum atomic E-state index is 0. The lowest BCUT2D eigenvalue weighted by molar-refractivity contribution is 0.0605. The fourth-order valence-electron chi connectivity index (χ4n) is 2.64. The summed E-state index contributed by atoms with van der Waals surface area (Å²) in [4.78, 5) is 14.7. The quantitative estimate of drug-likeness (QED) is 0.877. The van der Waals surface area contributed by atoms with E-state index in [1.807, 2.05) is 28.5 Å². The van der Waals surface area contributed by atoms with Crippen LogP contribution in [0.1, 0.15) is 24.2 Å². The fraction of sp³-hybridized carbons (Fsp3) is 0.400. The smallest absolute Gasteiger partial charge is 0.255 e. The van der Waals surface area contributed by atoms with Gasteiger partial charge in [-0.2, -0.15) is 0 Å². The van der Waals surface area contributed by atoms with Crippen LogP contribution in [0.5, 0.6) is 0 Å². The van der Waals surface area contributed by atoms with E-state index in [1.54, 1.807) is 11.3 Å². The zero-order chi connectivity index (χ0) is 13.4. The fourth-order valence-corrected chi connectivity index (χ4v) is 3.58. The summed E-state index contributed by atoms with van der Waals surface area (Å²) in [5, 5.41) is 6.48. The van der Waals surface area contributed by atoms with Crippen molar-refractivity contribution in [3.05, 3.63) is 35.2 Å². The van der Waals surface area contributed by atoms with Gasteiger partial charge in [0.2, 0.25) is 0 Å². The van der Waals surface area contributed by atoms with Gasteiger partial charge in [0.25, 0.3) is 5.91 Å². The van der Waals surface area contributed by atoms with Crippen LogP contribution in [0.3, 0.4) is 0 Å². The highest BCUT2D eigenvalue weighted by Crippen LogP contribution is 2.27. The third-order valence-electron chi connectivity index (χ3n) is 4.01. The lowest BCUT2D eigenvalue weighted by atomic mass is 10.0. The molecule has 2 unspecified atom stereocenters. The molecule has 108 valence electrons. The summed E-state index contributed by atoms with van der Waals surface area (Å²) in [6, 6.07) is 8.70. The number of nitrogens with one attached hydrogen (secondary N) is 1. The van der Waals surface area contributed by atoms with Gasteiger partial charge in [-0.15, -0.1) is 23.7 Å². The summed E-state index contributed by atoms with van der Waals surface area (Å²) in [7, 11) is 0. The van der Waals surface area contributed by atoms with Crippen molar-refractivity contribution in [1.82, 2.24) is 10.2 Å². The average molecular weight is 311 g/mol. The standard InChI is InChI=1S/C15H18N2OS.ClH/c1-10-11(2)17(8-7-16-10)15(18)13-9-19-14-6-4-3-5-12(13)14;/h3-6,9-11,16H,7-8H2,1-2H3;1H. The Morgan fingerprint density at radius 2 is 2.10 bits per heavy atom. The number of thiophene rings is 1. The highest BCUT2D eigenvalue weighted by atomic mass is 35.5. The van der Waals surface area contributed by atoms with Crippen LogP contribution >= 0.6 is 23.7 Å². The van der Waals surface area contributed by atoms with Crippen molar-refractivity contribution in [3.63, 3.8) is 0 Å². The predicted octanol–water partition coefficient (Wildman–Crippen LogP) is 3.15. The van der Waals surface area contributed by atoms with Gasteiger partial charge in [0.05, 0.1) is 5.56 Å². The molecule has 5 heteroatoms. The first-order valence-corrected chi connectivity index (χ1v) is 7.57. The molecule has 1 aliphatic heterocycles. The third-order valence-corrected chi connectivity index (χ3v) is 4.97. The van der Waals surface area contributed by atoms with Crippen LogP contribution in [0.25, 0.3) is 10.1 Å². The number of carbonyl (C=O) groups excluding carboxylic acids is 1. The maximum atomic E-state index is 12.7. The van der Waals surface area contributed by atoms with Crippen molar-refractivity contribution in [1.29, 1.82) is 0 Å².